The van der Waals surface area contributed by atoms with E-state index in [1.807, 2.05) is 11.0 Å². The first kappa shape index (κ1) is 22.1. The van der Waals surface area contributed by atoms with E-state index in [1.54, 1.807) is 32.9 Å². The molecule has 2 aliphatic rings. The lowest BCUT2D eigenvalue weighted by molar-refractivity contribution is -0.131. The Bertz CT molecular complexity index is 804. The van der Waals surface area contributed by atoms with Gasteiger partial charge in [0.15, 0.2) is 0 Å². The van der Waals surface area contributed by atoms with Crippen molar-refractivity contribution >= 4 is 29.2 Å². The van der Waals surface area contributed by atoms with Gasteiger partial charge in [-0.3, -0.25) is 14.5 Å². The third-order valence-electron chi connectivity index (χ3n) is 5.72. The maximum Gasteiger partial charge on any atom is 0.337 e. The normalized spacial score (nSPS) is 17.8. The van der Waals surface area contributed by atoms with Gasteiger partial charge in [0.2, 0.25) is 11.8 Å². The van der Waals surface area contributed by atoms with Crippen LogP contribution in [-0.4, -0.2) is 78.5 Å². The van der Waals surface area contributed by atoms with Gasteiger partial charge in [-0.15, -0.1) is 0 Å². The number of nitrogens with zero attached hydrogens (tertiary/aromatic N) is 3. The molecule has 2 aliphatic heterocycles. The minimum absolute atomic E-state index is 0.0803. The van der Waals surface area contributed by atoms with Crippen LogP contribution in [0.25, 0.3) is 0 Å². The van der Waals surface area contributed by atoms with E-state index in [0.717, 1.165) is 57.8 Å². The van der Waals surface area contributed by atoms with Crippen molar-refractivity contribution in [1.82, 2.24) is 9.80 Å². The average Bonchev–Trinajstić information content (AvgIpc) is 3.23. The van der Waals surface area contributed by atoms with E-state index < -0.39 is 11.4 Å². The zero-order valence-electron chi connectivity index (χ0n) is 18.1. The number of anilines is 2. The second-order valence-corrected chi connectivity index (χ2v) is 9.09. The summed E-state index contributed by atoms with van der Waals surface area (Å²) in [5, 5.41) is 12.4. The third-order valence-corrected chi connectivity index (χ3v) is 5.72. The first-order chi connectivity index (χ1) is 14.1. The minimum atomic E-state index is -1.07. The number of carbonyl (C=O) groups is 3. The van der Waals surface area contributed by atoms with Crippen LogP contribution in [0.4, 0.5) is 11.4 Å². The van der Waals surface area contributed by atoms with Crippen LogP contribution in [0, 0.1) is 5.41 Å². The van der Waals surface area contributed by atoms with Crippen molar-refractivity contribution in [3.8, 4) is 0 Å². The van der Waals surface area contributed by atoms with Crippen molar-refractivity contribution in [3.63, 3.8) is 0 Å². The highest BCUT2D eigenvalue weighted by atomic mass is 16.4. The number of aromatic carboxylic acids is 1. The second-order valence-electron chi connectivity index (χ2n) is 9.09. The lowest BCUT2D eigenvalue weighted by Gasteiger charge is -2.36. The van der Waals surface area contributed by atoms with Crippen LogP contribution < -0.4 is 10.2 Å². The molecule has 2 N–H and O–H groups in total. The predicted molar refractivity (Wildman–Crippen MR) is 116 cm³/mol. The van der Waals surface area contributed by atoms with Gasteiger partial charge in [-0.25, -0.2) is 4.79 Å². The Balaban J connectivity index is 1.62. The summed E-state index contributed by atoms with van der Waals surface area (Å²) >= 11 is 0. The van der Waals surface area contributed by atoms with Gasteiger partial charge in [-0.05, 0) is 31.0 Å². The first-order valence-corrected chi connectivity index (χ1v) is 10.6. The molecule has 1 aromatic carbocycles. The topological polar surface area (TPSA) is 93.2 Å². The lowest BCUT2D eigenvalue weighted by Crippen LogP contribution is -2.49. The van der Waals surface area contributed by atoms with E-state index in [2.05, 4.69) is 15.1 Å². The third kappa shape index (κ3) is 5.30. The molecule has 0 unspecified atom stereocenters. The quantitative estimate of drug-likeness (QED) is 0.764. The van der Waals surface area contributed by atoms with Crippen molar-refractivity contribution in [3.05, 3.63) is 23.8 Å². The Morgan fingerprint density at radius 2 is 1.63 bits per heavy atom. The largest absolute Gasteiger partial charge is 0.478 e. The molecule has 2 heterocycles. The van der Waals surface area contributed by atoms with Crippen LogP contribution in [0.5, 0.6) is 0 Å². The van der Waals surface area contributed by atoms with E-state index in [0.29, 0.717) is 12.2 Å². The molecule has 8 nitrogen and oxygen atoms in total. The fourth-order valence-corrected chi connectivity index (χ4v) is 3.75. The number of hydrogen-bond acceptors (Lipinski definition) is 5. The van der Waals surface area contributed by atoms with Crippen LogP contribution >= 0.6 is 0 Å². The van der Waals surface area contributed by atoms with E-state index in [-0.39, 0.29) is 17.4 Å². The van der Waals surface area contributed by atoms with E-state index in [9.17, 15) is 19.5 Å². The van der Waals surface area contributed by atoms with E-state index in [1.165, 1.54) is 0 Å². The summed E-state index contributed by atoms with van der Waals surface area (Å²) in [6.07, 6.45) is 2.19. The number of amides is 2. The molecule has 8 heteroatoms. The first-order valence-electron chi connectivity index (χ1n) is 10.6. The molecular formula is C22H32N4O4. The monoisotopic (exact) mass is 416 g/mol. The van der Waals surface area contributed by atoms with Crippen molar-refractivity contribution < 1.29 is 19.5 Å². The molecule has 0 aliphatic carbocycles. The maximum atomic E-state index is 12.4. The number of nitrogens with one attached hydrogen (secondary N) is 1. The molecule has 0 bridgehead atoms. The molecule has 0 spiro atoms. The minimum Gasteiger partial charge on any atom is -0.478 e. The smallest absolute Gasteiger partial charge is 0.337 e. The van der Waals surface area contributed by atoms with Gasteiger partial charge in [0.25, 0.3) is 0 Å². The van der Waals surface area contributed by atoms with Gasteiger partial charge >= 0.3 is 5.97 Å². The molecule has 0 radical (unpaired) electrons. The summed E-state index contributed by atoms with van der Waals surface area (Å²) < 4.78 is 0. The summed E-state index contributed by atoms with van der Waals surface area (Å²) in [5.41, 5.74) is 0.585. The van der Waals surface area contributed by atoms with Gasteiger partial charge in [0.05, 0.1) is 17.8 Å². The second kappa shape index (κ2) is 9.04. The standard InChI is InChI=1S/C22H32N4O4/c1-22(2,3)21(30)23-18-7-6-16(14-17(18)20(28)29)25-12-10-24(11-13-25)15-19(27)26-8-4-5-9-26/h6-7,14H,4-5,8-13,15H2,1-3H3,(H,23,30)(H,28,29). The Hall–Kier alpha value is -2.61. The summed E-state index contributed by atoms with van der Waals surface area (Å²) in [6, 6.07) is 5.12. The van der Waals surface area contributed by atoms with Crippen LogP contribution in [0.1, 0.15) is 44.0 Å². The average molecular weight is 417 g/mol. The van der Waals surface area contributed by atoms with Crippen molar-refractivity contribution in [2.45, 2.75) is 33.6 Å². The number of rotatable bonds is 5. The summed E-state index contributed by atoms with van der Waals surface area (Å²) in [4.78, 5) is 42.6. The van der Waals surface area contributed by atoms with Gasteiger partial charge in [0, 0.05) is 50.4 Å². The number of carbonyl (C=O) groups excluding carboxylic acids is 2. The maximum absolute atomic E-state index is 12.4. The van der Waals surface area contributed by atoms with E-state index in [4.69, 9.17) is 0 Å². The molecule has 0 aromatic heterocycles. The number of hydrogen-bond donors (Lipinski definition) is 2. The molecule has 2 amide bonds. The molecule has 164 valence electrons. The van der Waals surface area contributed by atoms with Gasteiger partial charge < -0.3 is 20.2 Å². The molecule has 30 heavy (non-hydrogen) atoms. The fourth-order valence-electron chi connectivity index (χ4n) is 3.75. The van der Waals surface area contributed by atoms with Crippen molar-refractivity contribution in [1.29, 1.82) is 0 Å². The highest BCUT2D eigenvalue weighted by Gasteiger charge is 2.26. The fraction of sp³-hybridized carbons (Fsp3) is 0.591. The molecule has 0 saturated carbocycles. The van der Waals surface area contributed by atoms with Gasteiger partial charge in [-0.1, -0.05) is 20.8 Å². The highest BCUT2D eigenvalue weighted by Crippen LogP contribution is 2.26. The van der Waals surface area contributed by atoms with Crippen LogP contribution in [-0.2, 0) is 9.59 Å². The van der Waals surface area contributed by atoms with Crippen LogP contribution in [0.3, 0.4) is 0 Å². The molecule has 0 atom stereocenters. The Kier molecular flexibility index (Phi) is 6.65. The van der Waals surface area contributed by atoms with Crippen LogP contribution in [0.2, 0.25) is 0 Å². The SMILES string of the molecule is CC(C)(C)C(=O)Nc1ccc(N2CCN(CC(=O)N3CCCC3)CC2)cc1C(=O)O. The highest BCUT2D eigenvalue weighted by molar-refractivity contribution is 6.02. The molecule has 2 fully saturated rings. The predicted octanol–water partition coefficient (Wildman–Crippen LogP) is 2.11. The zero-order valence-corrected chi connectivity index (χ0v) is 18.1. The number of likely N-dealkylation sites (tertiary alicyclic amines) is 1. The summed E-state index contributed by atoms with van der Waals surface area (Å²) in [5.74, 6) is -1.10. The Labute approximate surface area is 177 Å². The van der Waals surface area contributed by atoms with Gasteiger partial charge in [0.1, 0.15) is 0 Å². The molecule has 3 rings (SSSR count). The Morgan fingerprint density at radius 1 is 1.00 bits per heavy atom. The number of carboxylic acid groups (broad SMARTS) is 1. The van der Waals surface area contributed by atoms with Crippen LogP contribution in [0.15, 0.2) is 18.2 Å². The Morgan fingerprint density at radius 3 is 2.20 bits per heavy atom. The van der Waals surface area contributed by atoms with Crippen molar-refractivity contribution in [2.24, 2.45) is 5.41 Å². The summed E-state index contributed by atoms with van der Waals surface area (Å²) in [7, 11) is 0. The molecule has 2 saturated heterocycles. The van der Waals surface area contributed by atoms with Crippen molar-refractivity contribution in [2.75, 3.05) is 56.0 Å². The zero-order chi connectivity index (χ0) is 21.9. The molecule has 1 aromatic rings. The summed E-state index contributed by atoms with van der Waals surface area (Å²) in [6.45, 7) is 10.5. The lowest BCUT2D eigenvalue weighted by atomic mass is 9.95. The molecular weight excluding hydrogens is 384 g/mol. The number of benzene rings is 1. The van der Waals surface area contributed by atoms with E-state index >= 15 is 0 Å². The number of piperazine rings is 1. The van der Waals surface area contributed by atoms with Gasteiger partial charge in [-0.2, -0.15) is 0 Å². The number of carboxylic acids is 1.